The Kier molecular flexibility index (Phi) is 8.86. The molecule has 0 aliphatic carbocycles. The summed E-state index contributed by atoms with van der Waals surface area (Å²) in [6.45, 7) is 2.11. The van der Waals surface area contributed by atoms with E-state index < -0.39 is 0 Å². The van der Waals surface area contributed by atoms with Gasteiger partial charge in [-0.05, 0) is 38.3 Å². The van der Waals surface area contributed by atoms with Gasteiger partial charge in [0, 0.05) is 25.6 Å². The number of rotatable bonds is 7. The number of hydrogen-bond donors (Lipinski definition) is 1. The third kappa shape index (κ3) is 5.41. The predicted octanol–water partition coefficient (Wildman–Crippen LogP) is 2.88. The molecule has 0 spiro atoms. The Morgan fingerprint density at radius 1 is 1.12 bits per heavy atom. The Labute approximate surface area is 156 Å². The summed E-state index contributed by atoms with van der Waals surface area (Å²) < 4.78 is 16.0. The smallest absolute Gasteiger partial charge is 0.226 e. The lowest BCUT2D eigenvalue weighted by Gasteiger charge is -2.24. The van der Waals surface area contributed by atoms with Gasteiger partial charge in [-0.25, -0.2) is 0 Å². The van der Waals surface area contributed by atoms with Crippen LogP contribution < -0.4 is 24.4 Å². The average Bonchev–Trinajstić information content (AvgIpc) is 2.64. The fourth-order valence-electron chi connectivity index (χ4n) is 3.07. The number of hydrogen-bond acceptors (Lipinski definition) is 5. The minimum absolute atomic E-state index is 0. The van der Waals surface area contributed by atoms with Crippen molar-refractivity contribution in [2.45, 2.75) is 25.7 Å². The monoisotopic (exact) mass is 372 g/mol. The van der Waals surface area contributed by atoms with Crippen molar-refractivity contribution in [3.05, 3.63) is 12.1 Å². The maximum atomic E-state index is 12.5. The zero-order valence-corrected chi connectivity index (χ0v) is 16.3. The molecule has 0 bridgehead atoms. The maximum absolute atomic E-state index is 12.5. The normalized spacial score (nSPS) is 14.4. The Hall–Kier alpha value is -1.66. The van der Waals surface area contributed by atoms with Gasteiger partial charge in [0.05, 0.1) is 27.0 Å². The van der Waals surface area contributed by atoms with Crippen molar-refractivity contribution in [2.75, 3.05) is 46.4 Å². The van der Waals surface area contributed by atoms with Gasteiger partial charge in [0.15, 0.2) is 11.5 Å². The van der Waals surface area contributed by atoms with Crippen molar-refractivity contribution in [1.82, 2.24) is 5.32 Å². The quantitative estimate of drug-likeness (QED) is 0.797. The van der Waals surface area contributed by atoms with E-state index in [-0.39, 0.29) is 18.3 Å². The SMILES string of the molecule is COc1cc(N(C)C(=O)CCC2CCNCC2)cc(OC)c1OC.Cl. The first-order valence-corrected chi connectivity index (χ1v) is 8.38. The number of carbonyl (C=O) groups excluding carboxylic acids is 1. The van der Waals surface area contributed by atoms with Crippen LogP contribution in [0.15, 0.2) is 12.1 Å². The summed E-state index contributed by atoms with van der Waals surface area (Å²) in [5.41, 5.74) is 0.736. The molecule has 1 saturated heterocycles. The summed E-state index contributed by atoms with van der Waals surface area (Å²) in [6, 6.07) is 3.59. The van der Waals surface area contributed by atoms with Crippen LogP contribution in [-0.2, 0) is 4.79 Å². The highest BCUT2D eigenvalue weighted by Crippen LogP contribution is 2.41. The number of anilines is 1. The molecule has 7 heteroatoms. The van der Waals surface area contributed by atoms with E-state index in [1.165, 1.54) is 0 Å². The van der Waals surface area contributed by atoms with Crippen LogP contribution in [0.5, 0.6) is 17.2 Å². The molecule has 25 heavy (non-hydrogen) atoms. The summed E-state index contributed by atoms with van der Waals surface area (Å²) in [4.78, 5) is 14.2. The van der Waals surface area contributed by atoms with E-state index in [0.29, 0.717) is 29.6 Å². The molecular weight excluding hydrogens is 344 g/mol. The zero-order valence-electron chi connectivity index (χ0n) is 15.5. The van der Waals surface area contributed by atoms with Crippen LogP contribution in [0, 0.1) is 5.92 Å². The van der Waals surface area contributed by atoms with Gasteiger partial charge >= 0.3 is 0 Å². The minimum atomic E-state index is 0. The molecule has 1 N–H and O–H groups in total. The van der Waals surface area contributed by atoms with Gasteiger partial charge in [-0.1, -0.05) is 0 Å². The fraction of sp³-hybridized carbons (Fsp3) is 0.611. The number of amides is 1. The summed E-state index contributed by atoms with van der Waals surface area (Å²) in [5, 5.41) is 3.35. The lowest BCUT2D eigenvalue weighted by molar-refractivity contribution is -0.118. The van der Waals surface area contributed by atoms with E-state index in [1.807, 2.05) is 0 Å². The van der Waals surface area contributed by atoms with Crippen LogP contribution in [0.25, 0.3) is 0 Å². The van der Waals surface area contributed by atoms with Crippen LogP contribution in [-0.4, -0.2) is 47.4 Å². The van der Waals surface area contributed by atoms with Gasteiger partial charge in [-0.2, -0.15) is 0 Å². The van der Waals surface area contributed by atoms with Crippen LogP contribution in [0.4, 0.5) is 5.69 Å². The molecule has 1 aromatic rings. The molecule has 1 aliphatic heterocycles. The number of piperidine rings is 1. The topological polar surface area (TPSA) is 60.0 Å². The predicted molar refractivity (Wildman–Crippen MR) is 102 cm³/mol. The van der Waals surface area contributed by atoms with E-state index >= 15 is 0 Å². The third-order valence-corrected chi connectivity index (χ3v) is 4.64. The van der Waals surface area contributed by atoms with Crippen molar-refractivity contribution in [1.29, 1.82) is 0 Å². The van der Waals surface area contributed by atoms with Gasteiger partial charge in [0.1, 0.15) is 0 Å². The molecule has 1 aromatic carbocycles. The summed E-state index contributed by atoms with van der Waals surface area (Å²) in [6.07, 6.45) is 3.80. The number of nitrogens with zero attached hydrogens (tertiary/aromatic N) is 1. The van der Waals surface area contributed by atoms with Crippen LogP contribution in [0.1, 0.15) is 25.7 Å². The average molecular weight is 373 g/mol. The molecule has 142 valence electrons. The number of ether oxygens (including phenoxy) is 3. The Morgan fingerprint density at radius 3 is 2.16 bits per heavy atom. The maximum Gasteiger partial charge on any atom is 0.226 e. The summed E-state index contributed by atoms with van der Waals surface area (Å²) in [7, 11) is 6.49. The molecular formula is C18H29ClN2O4. The van der Waals surface area contributed by atoms with Gasteiger partial charge in [-0.15, -0.1) is 12.4 Å². The second kappa shape index (κ2) is 10.4. The highest BCUT2D eigenvalue weighted by molar-refractivity contribution is 5.93. The van der Waals surface area contributed by atoms with Crippen LogP contribution >= 0.6 is 12.4 Å². The Morgan fingerprint density at radius 2 is 1.68 bits per heavy atom. The fourth-order valence-corrected chi connectivity index (χ4v) is 3.07. The Bertz CT molecular complexity index is 537. The molecule has 0 saturated carbocycles. The summed E-state index contributed by atoms with van der Waals surface area (Å²) in [5.74, 6) is 2.36. The second-order valence-corrected chi connectivity index (χ2v) is 6.07. The first-order valence-electron chi connectivity index (χ1n) is 8.38. The van der Waals surface area contributed by atoms with Crippen molar-refractivity contribution < 1.29 is 19.0 Å². The van der Waals surface area contributed by atoms with E-state index in [0.717, 1.165) is 38.0 Å². The molecule has 6 nitrogen and oxygen atoms in total. The second-order valence-electron chi connectivity index (χ2n) is 6.07. The van der Waals surface area contributed by atoms with Gasteiger partial charge < -0.3 is 24.4 Å². The lowest BCUT2D eigenvalue weighted by Crippen LogP contribution is -2.30. The number of halogens is 1. The van der Waals surface area contributed by atoms with Crippen molar-refractivity contribution in [2.24, 2.45) is 5.92 Å². The molecule has 0 unspecified atom stereocenters. The van der Waals surface area contributed by atoms with Crippen molar-refractivity contribution >= 4 is 24.0 Å². The number of benzene rings is 1. The number of nitrogens with one attached hydrogen (secondary N) is 1. The molecule has 1 aliphatic rings. The van der Waals surface area contributed by atoms with Gasteiger partial charge in [-0.3, -0.25) is 4.79 Å². The molecule has 1 heterocycles. The van der Waals surface area contributed by atoms with Gasteiger partial charge in [0.2, 0.25) is 11.7 Å². The molecule has 1 amide bonds. The lowest BCUT2D eigenvalue weighted by atomic mass is 9.93. The van der Waals surface area contributed by atoms with E-state index in [9.17, 15) is 4.79 Å². The highest BCUT2D eigenvalue weighted by atomic mass is 35.5. The molecule has 0 atom stereocenters. The largest absolute Gasteiger partial charge is 0.493 e. The van der Waals surface area contributed by atoms with Crippen LogP contribution in [0.3, 0.4) is 0 Å². The molecule has 2 rings (SSSR count). The minimum Gasteiger partial charge on any atom is -0.493 e. The number of methoxy groups -OCH3 is 3. The van der Waals surface area contributed by atoms with E-state index in [4.69, 9.17) is 14.2 Å². The molecule has 0 radical (unpaired) electrons. The zero-order chi connectivity index (χ0) is 17.5. The van der Waals surface area contributed by atoms with Crippen molar-refractivity contribution in [3.8, 4) is 17.2 Å². The van der Waals surface area contributed by atoms with Crippen molar-refractivity contribution in [3.63, 3.8) is 0 Å². The first kappa shape index (κ1) is 21.4. The molecule has 0 aromatic heterocycles. The third-order valence-electron chi connectivity index (χ3n) is 4.64. The first-order chi connectivity index (χ1) is 11.6. The van der Waals surface area contributed by atoms with Gasteiger partial charge in [0.25, 0.3) is 0 Å². The summed E-state index contributed by atoms with van der Waals surface area (Å²) >= 11 is 0. The Balaban J connectivity index is 0.00000312. The van der Waals surface area contributed by atoms with E-state index in [1.54, 1.807) is 45.4 Å². The number of carbonyl (C=O) groups is 1. The van der Waals surface area contributed by atoms with Crippen LogP contribution in [0.2, 0.25) is 0 Å². The molecule has 1 fully saturated rings. The standard InChI is InChI=1S/C18H28N2O4.ClH/c1-20(17(21)6-5-13-7-9-19-10-8-13)14-11-15(22-2)18(24-4)16(12-14)23-3;/h11-13,19H,5-10H2,1-4H3;1H. The van der Waals surface area contributed by atoms with E-state index in [2.05, 4.69) is 5.32 Å². The highest BCUT2D eigenvalue weighted by Gasteiger charge is 2.20.